The molecule has 0 aliphatic carbocycles. The van der Waals surface area contributed by atoms with Crippen molar-refractivity contribution >= 4 is 34.7 Å². The van der Waals surface area contributed by atoms with Crippen LogP contribution >= 0.6 is 12.2 Å². The van der Waals surface area contributed by atoms with E-state index in [0.29, 0.717) is 17.3 Å². The van der Waals surface area contributed by atoms with Crippen molar-refractivity contribution in [3.8, 4) is 0 Å². The molecule has 0 spiro atoms. The maximum absolute atomic E-state index is 11.8. The zero-order valence-corrected chi connectivity index (χ0v) is 12.9. The molecule has 0 aliphatic rings. The monoisotopic (exact) mass is 295 g/mol. The first-order valence-electron chi connectivity index (χ1n) is 6.72. The third-order valence-corrected chi connectivity index (χ3v) is 2.73. The minimum absolute atomic E-state index is 0.340. The minimum atomic E-state index is -0.340. The van der Waals surface area contributed by atoms with Gasteiger partial charge in [0.15, 0.2) is 5.11 Å². The van der Waals surface area contributed by atoms with Gasteiger partial charge in [0.1, 0.15) is 0 Å². The van der Waals surface area contributed by atoms with Crippen LogP contribution in [0.15, 0.2) is 18.2 Å². The summed E-state index contributed by atoms with van der Waals surface area (Å²) in [5.41, 5.74) is 2.14. The van der Waals surface area contributed by atoms with Crippen molar-refractivity contribution in [2.45, 2.75) is 20.8 Å². The van der Waals surface area contributed by atoms with Gasteiger partial charge in [-0.1, -0.05) is 0 Å². The van der Waals surface area contributed by atoms with E-state index in [9.17, 15) is 4.79 Å². The van der Waals surface area contributed by atoms with Gasteiger partial charge in [0.05, 0.1) is 23.5 Å². The van der Waals surface area contributed by atoms with Gasteiger partial charge < -0.3 is 20.7 Å². The van der Waals surface area contributed by atoms with Crippen molar-refractivity contribution in [1.82, 2.24) is 5.32 Å². The highest BCUT2D eigenvalue weighted by Crippen LogP contribution is 2.23. The molecule has 0 saturated heterocycles. The molecule has 0 saturated carbocycles. The molecule has 20 heavy (non-hydrogen) atoms. The zero-order valence-electron chi connectivity index (χ0n) is 12.1. The van der Waals surface area contributed by atoms with Gasteiger partial charge in [-0.3, -0.25) is 0 Å². The molecular formula is C14H21N3O2S. The number of nitrogens with one attached hydrogen (secondary N) is 3. The molecule has 1 aromatic carbocycles. The number of hydrogen-bond acceptors (Lipinski definition) is 4. The number of hydrogen-bond donors (Lipinski definition) is 3. The SMILES string of the molecule is CCNC(=S)Nc1cc(C(=O)OCC)ccc1NCC. The molecule has 0 unspecified atom stereocenters. The molecule has 1 rings (SSSR count). The molecule has 110 valence electrons. The number of anilines is 2. The normalized spacial score (nSPS) is 9.75. The number of esters is 1. The fourth-order valence-electron chi connectivity index (χ4n) is 1.66. The Morgan fingerprint density at radius 3 is 2.55 bits per heavy atom. The van der Waals surface area contributed by atoms with Gasteiger partial charge in [0.25, 0.3) is 0 Å². The van der Waals surface area contributed by atoms with E-state index < -0.39 is 0 Å². The van der Waals surface area contributed by atoms with Gasteiger partial charge in [-0.2, -0.15) is 0 Å². The fraction of sp³-hybridized carbons (Fsp3) is 0.429. The van der Waals surface area contributed by atoms with Crippen molar-refractivity contribution in [1.29, 1.82) is 0 Å². The fourth-order valence-corrected chi connectivity index (χ4v) is 1.92. The first-order chi connectivity index (χ1) is 9.62. The number of carbonyl (C=O) groups is 1. The molecule has 0 aliphatic heterocycles. The maximum Gasteiger partial charge on any atom is 0.338 e. The highest BCUT2D eigenvalue weighted by Gasteiger charge is 2.11. The van der Waals surface area contributed by atoms with Crippen molar-refractivity contribution in [3.05, 3.63) is 23.8 Å². The van der Waals surface area contributed by atoms with Crippen LogP contribution in [0.4, 0.5) is 11.4 Å². The van der Waals surface area contributed by atoms with Crippen LogP contribution in [0.1, 0.15) is 31.1 Å². The summed E-state index contributed by atoms with van der Waals surface area (Å²) < 4.78 is 5.00. The predicted octanol–water partition coefficient (Wildman–Crippen LogP) is 2.60. The van der Waals surface area contributed by atoms with Crippen molar-refractivity contribution in [2.75, 3.05) is 30.3 Å². The summed E-state index contributed by atoms with van der Waals surface area (Å²) in [6.07, 6.45) is 0. The van der Waals surface area contributed by atoms with Crippen LogP contribution in [0.2, 0.25) is 0 Å². The molecule has 6 heteroatoms. The lowest BCUT2D eigenvalue weighted by molar-refractivity contribution is 0.0526. The predicted molar refractivity (Wildman–Crippen MR) is 86.5 cm³/mol. The van der Waals surface area contributed by atoms with Gasteiger partial charge in [-0.15, -0.1) is 0 Å². The molecule has 0 radical (unpaired) electrons. The molecule has 0 heterocycles. The molecule has 0 aromatic heterocycles. The summed E-state index contributed by atoms with van der Waals surface area (Å²) in [5, 5.41) is 9.84. The van der Waals surface area contributed by atoms with Crippen LogP contribution in [-0.2, 0) is 4.74 Å². The smallest absolute Gasteiger partial charge is 0.338 e. The van der Waals surface area contributed by atoms with Crippen LogP contribution < -0.4 is 16.0 Å². The van der Waals surface area contributed by atoms with Crippen molar-refractivity contribution < 1.29 is 9.53 Å². The van der Waals surface area contributed by atoms with E-state index in [0.717, 1.165) is 24.5 Å². The Morgan fingerprint density at radius 1 is 1.20 bits per heavy atom. The molecule has 5 nitrogen and oxygen atoms in total. The lowest BCUT2D eigenvalue weighted by atomic mass is 10.1. The van der Waals surface area contributed by atoms with E-state index in [1.54, 1.807) is 19.1 Å². The topological polar surface area (TPSA) is 62.4 Å². The van der Waals surface area contributed by atoms with Gasteiger partial charge in [-0.05, 0) is 51.2 Å². The molecule has 3 N–H and O–H groups in total. The standard InChI is InChI=1S/C14H21N3O2S/c1-4-15-11-8-7-10(13(18)19-6-3)9-12(11)17-14(20)16-5-2/h7-9,15H,4-6H2,1-3H3,(H2,16,17,20). The average Bonchev–Trinajstić information content (AvgIpc) is 2.41. The molecular weight excluding hydrogens is 274 g/mol. The molecule has 0 atom stereocenters. The Bertz CT molecular complexity index is 477. The summed E-state index contributed by atoms with van der Waals surface area (Å²) >= 11 is 5.17. The highest BCUT2D eigenvalue weighted by molar-refractivity contribution is 7.80. The van der Waals surface area contributed by atoms with Crippen LogP contribution in [0.5, 0.6) is 0 Å². The van der Waals surface area contributed by atoms with Crippen LogP contribution in [0.25, 0.3) is 0 Å². The molecule has 0 fully saturated rings. The first-order valence-corrected chi connectivity index (χ1v) is 7.13. The van der Waals surface area contributed by atoms with Crippen LogP contribution in [-0.4, -0.2) is 30.8 Å². The van der Waals surface area contributed by atoms with Crippen LogP contribution in [0.3, 0.4) is 0 Å². The maximum atomic E-state index is 11.8. The number of thiocarbonyl (C=S) groups is 1. The second-order valence-corrected chi connectivity index (χ2v) is 4.40. The largest absolute Gasteiger partial charge is 0.462 e. The van der Waals surface area contributed by atoms with E-state index in [4.69, 9.17) is 17.0 Å². The van der Waals surface area contributed by atoms with E-state index in [2.05, 4.69) is 16.0 Å². The quantitative estimate of drug-likeness (QED) is 0.554. The summed E-state index contributed by atoms with van der Waals surface area (Å²) in [7, 11) is 0. The van der Waals surface area contributed by atoms with Gasteiger partial charge in [-0.25, -0.2) is 4.79 Å². The number of rotatable bonds is 6. The van der Waals surface area contributed by atoms with E-state index in [1.165, 1.54) is 0 Å². The first kappa shape index (κ1) is 16.2. The van der Waals surface area contributed by atoms with E-state index in [-0.39, 0.29) is 5.97 Å². The zero-order chi connectivity index (χ0) is 15.0. The number of benzene rings is 1. The van der Waals surface area contributed by atoms with Gasteiger partial charge >= 0.3 is 5.97 Å². The Kier molecular flexibility index (Phi) is 6.79. The lowest BCUT2D eigenvalue weighted by Crippen LogP contribution is -2.28. The Balaban J connectivity index is 2.98. The minimum Gasteiger partial charge on any atom is -0.462 e. The number of carbonyl (C=O) groups excluding carboxylic acids is 1. The lowest BCUT2D eigenvalue weighted by Gasteiger charge is -2.15. The highest BCUT2D eigenvalue weighted by atomic mass is 32.1. The van der Waals surface area contributed by atoms with Crippen molar-refractivity contribution in [3.63, 3.8) is 0 Å². The summed E-state index contributed by atoms with van der Waals surface area (Å²) in [6, 6.07) is 5.31. The summed E-state index contributed by atoms with van der Waals surface area (Å²) in [6.45, 7) is 7.62. The van der Waals surface area contributed by atoms with E-state index in [1.807, 2.05) is 19.9 Å². The summed E-state index contributed by atoms with van der Waals surface area (Å²) in [4.78, 5) is 11.8. The summed E-state index contributed by atoms with van der Waals surface area (Å²) in [5.74, 6) is -0.340. The van der Waals surface area contributed by atoms with Gasteiger partial charge in [0, 0.05) is 13.1 Å². The molecule has 0 amide bonds. The van der Waals surface area contributed by atoms with E-state index >= 15 is 0 Å². The molecule has 1 aromatic rings. The third kappa shape index (κ3) is 4.70. The molecule has 0 bridgehead atoms. The second-order valence-electron chi connectivity index (χ2n) is 4.00. The third-order valence-electron chi connectivity index (χ3n) is 2.48. The van der Waals surface area contributed by atoms with Crippen molar-refractivity contribution in [2.24, 2.45) is 0 Å². The second kappa shape index (κ2) is 8.37. The number of ether oxygens (including phenoxy) is 1. The van der Waals surface area contributed by atoms with Gasteiger partial charge in [0.2, 0.25) is 0 Å². The Hall–Kier alpha value is -1.82. The Morgan fingerprint density at radius 2 is 1.95 bits per heavy atom. The van der Waals surface area contributed by atoms with Crippen LogP contribution in [0, 0.1) is 0 Å². The Labute approximate surface area is 125 Å². The average molecular weight is 295 g/mol.